The summed E-state index contributed by atoms with van der Waals surface area (Å²) >= 11 is 0. The van der Waals surface area contributed by atoms with Gasteiger partial charge in [0.15, 0.2) is 5.65 Å². The van der Waals surface area contributed by atoms with Gasteiger partial charge in [0.1, 0.15) is 28.5 Å². The van der Waals surface area contributed by atoms with Crippen LogP contribution in [0.15, 0.2) is 42.9 Å². The Kier molecular flexibility index (Phi) is 6.69. The molecule has 4 aromatic rings. The lowest BCUT2D eigenvalue weighted by Gasteiger charge is -2.15. The van der Waals surface area contributed by atoms with E-state index in [0.29, 0.717) is 19.3 Å². The average molecular weight is 536 g/mol. The summed E-state index contributed by atoms with van der Waals surface area (Å²) in [5, 5.41) is 13.3. The van der Waals surface area contributed by atoms with Crippen LogP contribution in [0, 0.1) is 0 Å². The van der Waals surface area contributed by atoms with Gasteiger partial charge in [0.2, 0.25) is 0 Å². The number of halogens is 6. The van der Waals surface area contributed by atoms with Gasteiger partial charge >= 0.3 is 12.4 Å². The zero-order valence-corrected chi connectivity index (χ0v) is 19.3. The monoisotopic (exact) mass is 536 g/mol. The van der Waals surface area contributed by atoms with Gasteiger partial charge in [-0.25, -0.2) is 19.9 Å². The zero-order valence-electron chi connectivity index (χ0n) is 19.3. The van der Waals surface area contributed by atoms with Crippen LogP contribution in [0.1, 0.15) is 24.0 Å². The van der Waals surface area contributed by atoms with Crippen LogP contribution in [0.3, 0.4) is 0 Å². The first-order chi connectivity index (χ1) is 18.1. The molecule has 0 radical (unpaired) electrons. The summed E-state index contributed by atoms with van der Waals surface area (Å²) in [5.41, 5.74) is -2.28. The van der Waals surface area contributed by atoms with Gasteiger partial charge in [-0.1, -0.05) is 0 Å². The number of nitrogens with zero attached hydrogens (tertiary/aromatic N) is 6. The minimum atomic E-state index is -4.76. The summed E-state index contributed by atoms with van der Waals surface area (Å²) < 4.78 is 85.5. The molecule has 4 aromatic heterocycles. The standard InChI is InChI=1S/C23H18F6N8O/c24-22(25,26)12-3-4-17(31-9-12)34-15-5-6-30-21-20(15)33-11-16(35-21)19-14(23(27,28)29)8-18(36-37-19)32-10-13-2-1-7-38-13/h3-6,8-9,11,13H,1-2,7,10H2,(H,32,36)(H,30,31,34,35). The average Bonchev–Trinajstić information content (AvgIpc) is 3.40. The van der Waals surface area contributed by atoms with Crippen molar-refractivity contribution in [3.63, 3.8) is 0 Å². The summed E-state index contributed by atoms with van der Waals surface area (Å²) in [7, 11) is 0. The van der Waals surface area contributed by atoms with E-state index >= 15 is 0 Å². The van der Waals surface area contributed by atoms with E-state index in [4.69, 9.17) is 4.74 Å². The lowest BCUT2D eigenvalue weighted by molar-refractivity contribution is -0.138. The molecule has 0 spiro atoms. The molecule has 1 aliphatic heterocycles. The first kappa shape index (κ1) is 25.5. The highest BCUT2D eigenvalue weighted by atomic mass is 19.4. The Balaban J connectivity index is 1.43. The number of rotatable bonds is 6. The Morgan fingerprint density at radius 3 is 2.45 bits per heavy atom. The van der Waals surface area contributed by atoms with Crippen molar-refractivity contribution in [3.8, 4) is 11.4 Å². The van der Waals surface area contributed by atoms with Crippen molar-refractivity contribution in [2.24, 2.45) is 0 Å². The van der Waals surface area contributed by atoms with Crippen molar-refractivity contribution in [2.75, 3.05) is 23.8 Å². The predicted octanol–water partition coefficient (Wildman–Crippen LogP) is 5.25. The molecule has 2 N–H and O–H groups in total. The number of aromatic nitrogens is 6. The second-order valence-electron chi connectivity index (χ2n) is 8.35. The normalized spacial score (nSPS) is 16.1. The van der Waals surface area contributed by atoms with Gasteiger partial charge in [-0.3, -0.25) is 0 Å². The first-order valence-electron chi connectivity index (χ1n) is 11.3. The fourth-order valence-corrected chi connectivity index (χ4v) is 3.82. The molecule has 0 bridgehead atoms. The van der Waals surface area contributed by atoms with E-state index in [2.05, 4.69) is 40.8 Å². The Morgan fingerprint density at radius 2 is 1.76 bits per heavy atom. The number of fused-ring (bicyclic) bond motifs is 1. The number of nitrogens with one attached hydrogen (secondary N) is 2. The fourth-order valence-electron chi connectivity index (χ4n) is 3.82. The summed E-state index contributed by atoms with van der Waals surface area (Å²) in [6, 6.07) is 4.33. The highest BCUT2D eigenvalue weighted by Gasteiger charge is 2.36. The smallest absolute Gasteiger partial charge is 0.376 e. The maximum Gasteiger partial charge on any atom is 0.418 e. The third kappa shape index (κ3) is 5.56. The molecule has 1 unspecified atom stereocenters. The molecule has 1 aliphatic rings. The van der Waals surface area contributed by atoms with Crippen LogP contribution < -0.4 is 10.6 Å². The van der Waals surface area contributed by atoms with E-state index in [0.717, 1.165) is 37.2 Å². The number of hydrogen-bond acceptors (Lipinski definition) is 9. The molecule has 0 saturated carbocycles. The molecular weight excluding hydrogens is 518 g/mol. The molecular formula is C23H18F6N8O. The van der Waals surface area contributed by atoms with Gasteiger partial charge in [0.05, 0.1) is 29.1 Å². The SMILES string of the molecule is FC(F)(F)c1ccc(Nc2ccnc3nc(-c4nnc(NCC5CCCO5)cc4C(F)(F)F)cnc23)nc1. The molecule has 1 fully saturated rings. The topological polar surface area (TPSA) is 111 Å². The molecule has 5 heterocycles. The molecule has 9 nitrogen and oxygen atoms in total. The fraction of sp³-hybridized carbons (Fsp3) is 0.304. The number of anilines is 3. The predicted molar refractivity (Wildman–Crippen MR) is 123 cm³/mol. The minimum Gasteiger partial charge on any atom is -0.376 e. The molecule has 1 atom stereocenters. The first-order valence-corrected chi connectivity index (χ1v) is 11.3. The van der Waals surface area contributed by atoms with Crippen LogP contribution >= 0.6 is 0 Å². The van der Waals surface area contributed by atoms with Gasteiger partial charge < -0.3 is 15.4 Å². The quantitative estimate of drug-likeness (QED) is 0.319. The summed E-state index contributed by atoms with van der Waals surface area (Å²) in [6.45, 7) is 0.909. The summed E-state index contributed by atoms with van der Waals surface area (Å²) in [5.74, 6) is 0.0340. The van der Waals surface area contributed by atoms with E-state index in [1.54, 1.807) is 0 Å². The molecule has 38 heavy (non-hydrogen) atoms. The van der Waals surface area contributed by atoms with Crippen LogP contribution in [0.25, 0.3) is 22.6 Å². The van der Waals surface area contributed by atoms with Gasteiger partial charge in [0.25, 0.3) is 0 Å². The molecule has 5 rings (SSSR count). The highest BCUT2D eigenvalue weighted by Crippen LogP contribution is 2.37. The van der Waals surface area contributed by atoms with Crippen molar-refractivity contribution in [1.29, 1.82) is 0 Å². The van der Waals surface area contributed by atoms with Crippen LogP contribution in [0.4, 0.5) is 43.7 Å². The minimum absolute atomic E-state index is 0.0186. The van der Waals surface area contributed by atoms with Crippen molar-refractivity contribution in [2.45, 2.75) is 31.3 Å². The second-order valence-corrected chi connectivity index (χ2v) is 8.35. The summed E-state index contributed by atoms with van der Waals surface area (Å²) in [6.07, 6.45) is -4.63. The van der Waals surface area contributed by atoms with Crippen molar-refractivity contribution < 1.29 is 31.1 Å². The van der Waals surface area contributed by atoms with E-state index in [9.17, 15) is 26.3 Å². The van der Waals surface area contributed by atoms with Crippen LogP contribution in [-0.2, 0) is 17.1 Å². The summed E-state index contributed by atoms with van der Waals surface area (Å²) in [4.78, 5) is 16.2. The Hall–Kier alpha value is -4.14. The zero-order chi connectivity index (χ0) is 26.9. The van der Waals surface area contributed by atoms with Gasteiger partial charge in [-0.15, -0.1) is 10.2 Å². The van der Waals surface area contributed by atoms with Crippen LogP contribution in [0.2, 0.25) is 0 Å². The van der Waals surface area contributed by atoms with Gasteiger partial charge in [0, 0.05) is 25.5 Å². The molecule has 0 amide bonds. The maximum atomic E-state index is 13.9. The number of ether oxygens (including phenoxy) is 1. The van der Waals surface area contributed by atoms with Crippen molar-refractivity contribution >= 4 is 28.5 Å². The van der Waals surface area contributed by atoms with E-state index in [-0.39, 0.29) is 40.3 Å². The molecule has 0 aromatic carbocycles. The largest absolute Gasteiger partial charge is 0.418 e. The Morgan fingerprint density at radius 1 is 0.921 bits per heavy atom. The van der Waals surface area contributed by atoms with E-state index in [1.165, 1.54) is 12.3 Å². The maximum absolute atomic E-state index is 13.9. The van der Waals surface area contributed by atoms with E-state index in [1.807, 2.05) is 0 Å². The number of alkyl halides is 6. The van der Waals surface area contributed by atoms with Gasteiger partial charge in [-0.2, -0.15) is 26.3 Å². The molecule has 0 aliphatic carbocycles. The molecule has 15 heteroatoms. The Labute approximate surface area is 210 Å². The van der Waals surface area contributed by atoms with Gasteiger partial charge in [-0.05, 0) is 37.1 Å². The van der Waals surface area contributed by atoms with Crippen LogP contribution in [-0.4, -0.2) is 49.4 Å². The number of pyridine rings is 2. The Bertz CT molecular complexity index is 1440. The second kappa shape index (κ2) is 9.96. The van der Waals surface area contributed by atoms with E-state index < -0.39 is 29.2 Å². The van der Waals surface area contributed by atoms with Crippen LogP contribution in [0.5, 0.6) is 0 Å². The lowest BCUT2D eigenvalue weighted by atomic mass is 10.1. The van der Waals surface area contributed by atoms with Crippen molar-refractivity contribution in [3.05, 3.63) is 54.0 Å². The highest BCUT2D eigenvalue weighted by molar-refractivity contribution is 5.87. The lowest BCUT2D eigenvalue weighted by Crippen LogP contribution is -2.20. The third-order valence-corrected chi connectivity index (χ3v) is 5.68. The molecule has 198 valence electrons. The third-order valence-electron chi connectivity index (χ3n) is 5.68. The van der Waals surface area contributed by atoms with Crippen molar-refractivity contribution in [1.82, 2.24) is 30.1 Å². The molecule has 1 saturated heterocycles. The number of hydrogen-bond donors (Lipinski definition) is 2.